The molecule has 0 radical (unpaired) electrons. The van der Waals surface area contributed by atoms with Crippen LogP contribution in [0.4, 0.5) is 14.5 Å². The summed E-state index contributed by atoms with van der Waals surface area (Å²) in [5, 5.41) is 13.3. The minimum absolute atomic E-state index is 0.0123. The summed E-state index contributed by atoms with van der Waals surface area (Å²) in [6.07, 6.45) is 0. The van der Waals surface area contributed by atoms with Crippen LogP contribution in [-0.2, 0) is 15.0 Å². The Kier molecular flexibility index (Phi) is 6.27. The van der Waals surface area contributed by atoms with Crippen LogP contribution in [0.3, 0.4) is 0 Å². The van der Waals surface area contributed by atoms with Crippen molar-refractivity contribution < 1.29 is 28.2 Å². The Morgan fingerprint density at radius 1 is 1.06 bits per heavy atom. The van der Waals surface area contributed by atoms with Crippen LogP contribution in [0.25, 0.3) is 5.76 Å². The van der Waals surface area contributed by atoms with Crippen LogP contribution >= 0.6 is 11.3 Å². The zero-order valence-electron chi connectivity index (χ0n) is 20.0. The predicted molar refractivity (Wildman–Crippen MR) is 132 cm³/mol. The second-order valence-electron chi connectivity index (χ2n) is 9.40. The SMILES string of the molecule is COc1ccc(C(C)(C)C)cc1/C(O)=C1\C(=O)C(=O)N(c2ccc(F)c(F)c2)C1c1sccc1C. The highest BCUT2D eigenvalue weighted by Crippen LogP contribution is 2.46. The van der Waals surface area contributed by atoms with E-state index in [2.05, 4.69) is 0 Å². The van der Waals surface area contributed by atoms with Crippen LogP contribution in [0, 0.1) is 18.6 Å². The summed E-state index contributed by atoms with van der Waals surface area (Å²) >= 11 is 1.30. The Labute approximate surface area is 206 Å². The molecule has 2 heterocycles. The Bertz CT molecular complexity index is 1370. The summed E-state index contributed by atoms with van der Waals surface area (Å²) in [4.78, 5) is 28.3. The minimum atomic E-state index is -1.15. The standard InChI is InChI=1S/C27H25F2NO4S/c1-14-10-11-35-25(14)22-21(23(31)17-12-15(27(2,3)4)6-9-20(17)34-5)24(32)26(33)30(22)16-7-8-18(28)19(29)13-16/h6-13,22,31H,1-5H3/b23-21+. The van der Waals surface area contributed by atoms with Gasteiger partial charge >= 0.3 is 0 Å². The number of anilines is 1. The highest BCUT2D eigenvalue weighted by atomic mass is 32.1. The van der Waals surface area contributed by atoms with E-state index in [0.717, 1.165) is 28.2 Å². The Morgan fingerprint density at radius 2 is 1.77 bits per heavy atom. The number of thiophene rings is 1. The van der Waals surface area contributed by atoms with Crippen LogP contribution in [0.2, 0.25) is 0 Å². The van der Waals surface area contributed by atoms with E-state index < -0.39 is 35.1 Å². The van der Waals surface area contributed by atoms with Gasteiger partial charge in [0, 0.05) is 16.6 Å². The molecule has 1 fully saturated rings. The molecule has 1 saturated heterocycles. The van der Waals surface area contributed by atoms with Gasteiger partial charge in [-0.1, -0.05) is 26.8 Å². The number of nitrogens with zero attached hydrogens (tertiary/aromatic N) is 1. The highest BCUT2D eigenvalue weighted by molar-refractivity contribution is 7.10. The number of carbonyl (C=O) groups excluding carboxylic acids is 2. The molecule has 0 aliphatic carbocycles. The number of ether oxygens (including phenoxy) is 1. The smallest absolute Gasteiger partial charge is 0.300 e. The fourth-order valence-corrected chi connectivity index (χ4v) is 5.18. The molecule has 0 spiro atoms. The van der Waals surface area contributed by atoms with Gasteiger partial charge in [-0.05, 0) is 59.2 Å². The van der Waals surface area contributed by atoms with Crippen LogP contribution in [-0.4, -0.2) is 23.9 Å². The van der Waals surface area contributed by atoms with Crippen molar-refractivity contribution >= 4 is 34.5 Å². The van der Waals surface area contributed by atoms with Crippen LogP contribution in [0.15, 0.2) is 53.4 Å². The van der Waals surface area contributed by atoms with Gasteiger partial charge < -0.3 is 9.84 Å². The molecule has 8 heteroatoms. The normalized spacial score (nSPS) is 17.8. The average Bonchev–Trinajstić information content (AvgIpc) is 3.34. The summed E-state index contributed by atoms with van der Waals surface area (Å²) in [6.45, 7) is 7.85. The Hall–Kier alpha value is -3.52. The first-order valence-corrected chi connectivity index (χ1v) is 11.8. The van der Waals surface area contributed by atoms with E-state index in [1.165, 1.54) is 24.5 Å². The number of Topliss-reactive ketones (excluding diaryl/α,β-unsaturated/α-hetero) is 1. The van der Waals surface area contributed by atoms with Crippen molar-refractivity contribution in [3.05, 3.63) is 86.6 Å². The fraction of sp³-hybridized carbons (Fsp3) is 0.259. The second kappa shape index (κ2) is 8.92. The number of amides is 1. The number of aryl methyl sites for hydroxylation is 1. The third kappa shape index (κ3) is 4.23. The zero-order chi connectivity index (χ0) is 25.7. The van der Waals surface area contributed by atoms with E-state index in [-0.39, 0.29) is 22.2 Å². The van der Waals surface area contributed by atoms with Gasteiger partial charge in [-0.15, -0.1) is 11.3 Å². The zero-order valence-corrected chi connectivity index (χ0v) is 20.8. The topological polar surface area (TPSA) is 66.8 Å². The maximum absolute atomic E-state index is 14.1. The molecular weight excluding hydrogens is 472 g/mol. The molecule has 35 heavy (non-hydrogen) atoms. The van der Waals surface area contributed by atoms with Crippen molar-refractivity contribution in [3.63, 3.8) is 0 Å². The van der Waals surface area contributed by atoms with E-state index >= 15 is 0 Å². The van der Waals surface area contributed by atoms with Crippen molar-refractivity contribution in [1.29, 1.82) is 0 Å². The molecule has 1 atom stereocenters. The molecule has 0 bridgehead atoms. The number of carbonyl (C=O) groups is 2. The minimum Gasteiger partial charge on any atom is -0.507 e. The van der Waals surface area contributed by atoms with Crippen LogP contribution in [0.1, 0.15) is 48.4 Å². The summed E-state index contributed by atoms with van der Waals surface area (Å²) in [5.41, 5.74) is 1.55. The number of benzene rings is 2. The van der Waals surface area contributed by atoms with E-state index in [4.69, 9.17) is 4.74 Å². The number of ketones is 1. The first-order chi connectivity index (χ1) is 16.5. The molecule has 1 aromatic heterocycles. The first kappa shape index (κ1) is 24.6. The van der Waals surface area contributed by atoms with Gasteiger partial charge in [0.15, 0.2) is 11.6 Å². The molecule has 4 rings (SSSR count). The van der Waals surface area contributed by atoms with Crippen LogP contribution < -0.4 is 9.64 Å². The number of halogens is 2. The monoisotopic (exact) mass is 497 g/mol. The largest absolute Gasteiger partial charge is 0.507 e. The van der Waals surface area contributed by atoms with Gasteiger partial charge in [-0.25, -0.2) is 8.78 Å². The lowest BCUT2D eigenvalue weighted by atomic mass is 9.85. The number of rotatable bonds is 4. The summed E-state index contributed by atoms with van der Waals surface area (Å²) in [6, 6.07) is 9.12. The average molecular weight is 498 g/mol. The molecule has 2 aromatic carbocycles. The van der Waals surface area contributed by atoms with Gasteiger partial charge in [0.2, 0.25) is 0 Å². The maximum atomic E-state index is 14.1. The van der Waals surface area contributed by atoms with Crippen molar-refractivity contribution in [1.82, 2.24) is 0 Å². The maximum Gasteiger partial charge on any atom is 0.300 e. The summed E-state index contributed by atoms with van der Waals surface area (Å²) < 4.78 is 33.2. The fourth-order valence-electron chi connectivity index (χ4n) is 4.15. The molecule has 0 saturated carbocycles. The molecule has 1 aliphatic heterocycles. The lowest BCUT2D eigenvalue weighted by Crippen LogP contribution is -2.29. The molecule has 5 nitrogen and oxygen atoms in total. The number of aliphatic hydroxyl groups excluding tert-OH is 1. The third-order valence-electron chi connectivity index (χ3n) is 6.10. The molecule has 1 amide bonds. The van der Waals surface area contributed by atoms with E-state index in [0.29, 0.717) is 10.6 Å². The lowest BCUT2D eigenvalue weighted by Gasteiger charge is -2.25. The van der Waals surface area contributed by atoms with Gasteiger partial charge in [-0.2, -0.15) is 0 Å². The van der Waals surface area contributed by atoms with Crippen molar-refractivity contribution in [2.45, 2.75) is 39.2 Å². The highest BCUT2D eigenvalue weighted by Gasteiger charge is 2.48. The number of hydrogen-bond donors (Lipinski definition) is 1. The van der Waals surface area contributed by atoms with Crippen molar-refractivity contribution in [2.24, 2.45) is 0 Å². The number of hydrogen-bond acceptors (Lipinski definition) is 5. The van der Waals surface area contributed by atoms with Crippen molar-refractivity contribution in [3.8, 4) is 5.75 Å². The quantitative estimate of drug-likeness (QED) is 0.262. The lowest BCUT2D eigenvalue weighted by molar-refractivity contribution is -0.132. The molecule has 1 unspecified atom stereocenters. The van der Waals surface area contributed by atoms with E-state index in [9.17, 15) is 23.5 Å². The number of methoxy groups -OCH3 is 1. The Balaban J connectivity index is 2.00. The Morgan fingerprint density at radius 3 is 2.34 bits per heavy atom. The molecular formula is C27H25F2NO4S. The van der Waals surface area contributed by atoms with Gasteiger partial charge in [0.25, 0.3) is 11.7 Å². The molecule has 3 aromatic rings. The van der Waals surface area contributed by atoms with E-state index in [1.807, 2.05) is 39.8 Å². The molecule has 1 aliphatic rings. The van der Waals surface area contributed by atoms with Gasteiger partial charge in [-0.3, -0.25) is 14.5 Å². The summed E-state index contributed by atoms with van der Waals surface area (Å²) in [7, 11) is 1.45. The van der Waals surface area contributed by atoms with E-state index in [1.54, 1.807) is 17.5 Å². The van der Waals surface area contributed by atoms with Crippen LogP contribution in [0.5, 0.6) is 5.75 Å². The first-order valence-electron chi connectivity index (χ1n) is 10.9. The van der Waals surface area contributed by atoms with Crippen molar-refractivity contribution in [2.75, 3.05) is 12.0 Å². The third-order valence-corrected chi connectivity index (χ3v) is 7.17. The second-order valence-corrected chi connectivity index (χ2v) is 10.3. The number of aliphatic hydroxyl groups is 1. The summed E-state index contributed by atoms with van der Waals surface area (Å²) in [5.74, 6) is -4.15. The molecule has 182 valence electrons. The predicted octanol–water partition coefficient (Wildman–Crippen LogP) is 6.27. The van der Waals surface area contributed by atoms with Gasteiger partial charge in [0.05, 0.1) is 18.2 Å². The molecule has 1 N–H and O–H groups in total. The van der Waals surface area contributed by atoms with Gasteiger partial charge in [0.1, 0.15) is 17.6 Å².